The van der Waals surface area contributed by atoms with Crippen LogP contribution in [-0.4, -0.2) is 20.8 Å². The third-order valence-corrected chi connectivity index (χ3v) is 14.0. The molecule has 31 heavy (non-hydrogen) atoms. The molecule has 0 atom stereocenters. The Balaban J connectivity index is 1.62. The molecule has 0 aromatic heterocycles. The fourth-order valence-corrected chi connectivity index (χ4v) is 12.8. The van der Waals surface area contributed by atoms with E-state index in [9.17, 15) is 0 Å². The average molecular weight is 449 g/mol. The van der Waals surface area contributed by atoms with Crippen molar-refractivity contribution in [2.24, 2.45) is 0 Å². The van der Waals surface area contributed by atoms with Gasteiger partial charge in [0.15, 0.2) is 0 Å². The van der Waals surface area contributed by atoms with Crippen LogP contribution < -0.4 is 0 Å². The van der Waals surface area contributed by atoms with Crippen molar-refractivity contribution in [3.8, 4) is 0 Å². The summed E-state index contributed by atoms with van der Waals surface area (Å²) in [4.78, 5) is 0. The van der Waals surface area contributed by atoms with Crippen LogP contribution in [0, 0.1) is 0 Å². The lowest BCUT2D eigenvalue weighted by molar-refractivity contribution is 0.0303. The first-order valence-corrected chi connectivity index (χ1v) is 16.7. The summed E-state index contributed by atoms with van der Waals surface area (Å²) < 4.78 is 15.1. The summed E-state index contributed by atoms with van der Waals surface area (Å²) in [5.41, 5.74) is 1.53. The number of hydrogen-bond acceptors (Lipinski definition) is 2. The first-order valence-electron chi connectivity index (χ1n) is 14.7. The maximum absolute atomic E-state index is 7.57. The first-order chi connectivity index (χ1) is 15.4. The Morgan fingerprint density at radius 3 is 0.935 bits per heavy atom. The molecular weight excluding hydrogens is 396 g/mol. The van der Waals surface area contributed by atoms with Gasteiger partial charge in [0.25, 0.3) is 0 Å². The zero-order valence-corrected chi connectivity index (χ0v) is 21.6. The lowest BCUT2D eigenvalue weighted by Gasteiger charge is -2.48. The van der Waals surface area contributed by atoms with E-state index in [0.29, 0.717) is 12.2 Å². The molecule has 0 aromatic carbocycles. The normalized spacial score (nSPS) is 27.9. The van der Waals surface area contributed by atoms with Crippen LogP contribution in [0.3, 0.4) is 0 Å². The van der Waals surface area contributed by atoms with Gasteiger partial charge in [-0.2, -0.15) is 0 Å². The van der Waals surface area contributed by atoms with Gasteiger partial charge >= 0.3 is 8.56 Å². The maximum Gasteiger partial charge on any atom is 0.345 e. The molecule has 4 aliphatic carbocycles. The molecule has 180 valence electrons. The molecule has 0 N–H and O–H groups in total. The van der Waals surface area contributed by atoms with E-state index in [1.54, 1.807) is 0 Å². The molecule has 0 bridgehead atoms. The highest BCUT2D eigenvalue weighted by atomic mass is 28.4. The Bertz CT molecular complexity index is 423. The van der Waals surface area contributed by atoms with E-state index in [-0.39, 0.29) is 0 Å². The van der Waals surface area contributed by atoms with Crippen molar-refractivity contribution in [1.29, 1.82) is 0 Å². The van der Waals surface area contributed by atoms with Gasteiger partial charge in [0.1, 0.15) is 0 Å². The van der Waals surface area contributed by atoms with Crippen molar-refractivity contribution in [2.75, 3.05) is 0 Å². The van der Waals surface area contributed by atoms with Crippen LogP contribution in [0.4, 0.5) is 0 Å². The van der Waals surface area contributed by atoms with Gasteiger partial charge in [-0.1, -0.05) is 103 Å². The highest BCUT2D eigenvalue weighted by molar-refractivity contribution is 6.70. The van der Waals surface area contributed by atoms with Gasteiger partial charge in [0.2, 0.25) is 0 Å². The van der Waals surface area contributed by atoms with Gasteiger partial charge < -0.3 is 8.85 Å². The molecular formula is C28H52O2Si. The molecule has 4 fully saturated rings. The Labute approximate surface area is 194 Å². The Morgan fingerprint density at radius 1 is 0.323 bits per heavy atom. The highest BCUT2D eigenvalue weighted by Crippen LogP contribution is 2.50. The fourth-order valence-electron chi connectivity index (χ4n) is 7.35. The summed E-state index contributed by atoms with van der Waals surface area (Å²) in [6, 6.07) is 0. The Morgan fingerprint density at radius 2 is 0.581 bits per heavy atom. The molecule has 4 saturated carbocycles. The molecule has 0 heterocycles. The Hall–Kier alpha value is 0.137. The van der Waals surface area contributed by atoms with Crippen LogP contribution in [0.2, 0.25) is 11.1 Å². The molecule has 0 aliphatic heterocycles. The second-order valence-corrected chi connectivity index (χ2v) is 15.1. The second kappa shape index (κ2) is 13.1. The summed E-state index contributed by atoms with van der Waals surface area (Å²) in [6.07, 6.45) is 34.6. The maximum atomic E-state index is 7.57. The molecule has 0 spiro atoms. The quantitative estimate of drug-likeness (QED) is 0.377. The van der Waals surface area contributed by atoms with Crippen molar-refractivity contribution in [3.63, 3.8) is 0 Å². The van der Waals surface area contributed by atoms with Gasteiger partial charge in [0.05, 0.1) is 0 Å². The van der Waals surface area contributed by atoms with Gasteiger partial charge in [-0.15, -0.1) is 0 Å². The van der Waals surface area contributed by atoms with E-state index in [1.165, 1.54) is 154 Å². The third kappa shape index (κ3) is 7.06. The average Bonchev–Trinajstić information content (AvgIpc) is 2.74. The molecule has 0 unspecified atom stereocenters. The molecule has 2 nitrogen and oxygen atoms in total. The predicted molar refractivity (Wildman–Crippen MR) is 134 cm³/mol. The highest BCUT2D eigenvalue weighted by Gasteiger charge is 2.54. The SMILES string of the molecule is C1CCCC([Si](OC2CCCCC2)(OC2CCCCC2)C2CCCCCCC2)CCC1. The molecule has 4 aliphatic rings. The predicted octanol–water partition coefficient (Wildman–Crippen LogP) is 9.36. The minimum atomic E-state index is -2.28. The van der Waals surface area contributed by atoms with Crippen molar-refractivity contribution in [1.82, 2.24) is 0 Å². The van der Waals surface area contributed by atoms with E-state index >= 15 is 0 Å². The third-order valence-electron chi connectivity index (χ3n) is 9.15. The lowest BCUT2D eigenvalue weighted by Crippen LogP contribution is -2.56. The first kappa shape index (κ1) is 24.3. The van der Waals surface area contributed by atoms with Gasteiger partial charge in [-0.05, 0) is 51.4 Å². The molecule has 0 amide bonds. The van der Waals surface area contributed by atoms with E-state index < -0.39 is 8.56 Å². The standard InChI is InChI=1S/C28H52O2Si/c1-3-13-21-27(22-14-4-1)31(29-25-17-9-7-10-18-25,30-26-19-11-8-12-20-26)28-23-15-5-2-6-16-24-28/h25-28H,1-24H2. The van der Waals surface area contributed by atoms with Crippen LogP contribution >= 0.6 is 0 Å². The molecule has 0 aromatic rings. The van der Waals surface area contributed by atoms with Gasteiger partial charge in [0, 0.05) is 23.3 Å². The van der Waals surface area contributed by atoms with Crippen LogP contribution in [-0.2, 0) is 8.85 Å². The summed E-state index contributed by atoms with van der Waals surface area (Å²) in [6.45, 7) is 0. The summed E-state index contributed by atoms with van der Waals surface area (Å²) in [7, 11) is -2.28. The topological polar surface area (TPSA) is 18.5 Å². The van der Waals surface area contributed by atoms with Crippen LogP contribution in [0.5, 0.6) is 0 Å². The number of hydrogen-bond donors (Lipinski definition) is 0. The summed E-state index contributed by atoms with van der Waals surface area (Å²) >= 11 is 0. The minimum absolute atomic E-state index is 0.514. The van der Waals surface area contributed by atoms with Crippen molar-refractivity contribution < 1.29 is 8.85 Å². The zero-order valence-electron chi connectivity index (χ0n) is 20.6. The summed E-state index contributed by atoms with van der Waals surface area (Å²) in [5.74, 6) is 0. The minimum Gasteiger partial charge on any atom is -0.391 e. The zero-order chi connectivity index (χ0) is 21.2. The smallest absolute Gasteiger partial charge is 0.345 e. The molecule has 0 saturated heterocycles. The van der Waals surface area contributed by atoms with Gasteiger partial charge in [-0.25, -0.2) is 0 Å². The lowest BCUT2D eigenvalue weighted by atomic mass is 9.98. The fraction of sp³-hybridized carbons (Fsp3) is 1.00. The van der Waals surface area contributed by atoms with E-state index in [4.69, 9.17) is 8.85 Å². The van der Waals surface area contributed by atoms with Crippen molar-refractivity contribution >= 4 is 8.56 Å². The van der Waals surface area contributed by atoms with Crippen LogP contribution in [0.15, 0.2) is 0 Å². The van der Waals surface area contributed by atoms with E-state index in [0.717, 1.165) is 11.1 Å². The second-order valence-electron chi connectivity index (χ2n) is 11.6. The Kier molecular flexibility index (Phi) is 10.3. The van der Waals surface area contributed by atoms with Crippen molar-refractivity contribution in [2.45, 2.75) is 177 Å². The van der Waals surface area contributed by atoms with Crippen molar-refractivity contribution in [3.05, 3.63) is 0 Å². The number of rotatable bonds is 6. The van der Waals surface area contributed by atoms with Crippen LogP contribution in [0.25, 0.3) is 0 Å². The van der Waals surface area contributed by atoms with Gasteiger partial charge in [-0.3, -0.25) is 0 Å². The van der Waals surface area contributed by atoms with E-state index in [2.05, 4.69) is 0 Å². The largest absolute Gasteiger partial charge is 0.391 e. The molecule has 4 rings (SSSR count). The van der Waals surface area contributed by atoms with E-state index in [1.807, 2.05) is 0 Å². The van der Waals surface area contributed by atoms with Crippen LogP contribution in [0.1, 0.15) is 154 Å². The molecule has 0 radical (unpaired) electrons. The summed E-state index contributed by atoms with van der Waals surface area (Å²) in [5, 5.41) is 0. The monoisotopic (exact) mass is 448 g/mol. The molecule has 3 heteroatoms.